The highest BCUT2D eigenvalue weighted by molar-refractivity contribution is 5.91. The van der Waals surface area contributed by atoms with Gasteiger partial charge in [0.15, 0.2) is 0 Å². The van der Waals surface area contributed by atoms with Crippen molar-refractivity contribution in [3.63, 3.8) is 0 Å². The summed E-state index contributed by atoms with van der Waals surface area (Å²) >= 11 is 0. The van der Waals surface area contributed by atoms with Crippen LogP contribution in [0.5, 0.6) is 0 Å². The predicted molar refractivity (Wildman–Crippen MR) is 99.2 cm³/mol. The molecule has 26 heavy (non-hydrogen) atoms. The quantitative estimate of drug-likeness (QED) is 0.872. The lowest BCUT2D eigenvalue weighted by Gasteiger charge is -2.32. The first kappa shape index (κ1) is 18.0. The summed E-state index contributed by atoms with van der Waals surface area (Å²) in [6.45, 7) is 6.20. The third kappa shape index (κ3) is 3.72. The molecule has 1 heterocycles. The van der Waals surface area contributed by atoms with Crippen LogP contribution >= 0.6 is 0 Å². The summed E-state index contributed by atoms with van der Waals surface area (Å²) in [5.41, 5.74) is 3.42. The lowest BCUT2D eigenvalue weighted by atomic mass is 9.87. The highest BCUT2D eigenvalue weighted by Gasteiger charge is 2.29. The number of carboxylic acid groups (broad SMARTS) is 1. The van der Waals surface area contributed by atoms with Crippen LogP contribution in [0.15, 0.2) is 42.5 Å². The maximum atomic E-state index is 12.4. The molecular formula is C21H23NO4. The van der Waals surface area contributed by atoms with Crippen LogP contribution in [0.2, 0.25) is 0 Å². The van der Waals surface area contributed by atoms with Crippen LogP contribution < -0.4 is 0 Å². The number of carbonyl (C=O) groups excluding carboxylic acids is 1. The molecule has 0 bridgehead atoms. The molecule has 0 saturated carbocycles. The average molecular weight is 353 g/mol. The summed E-state index contributed by atoms with van der Waals surface area (Å²) in [7, 11) is 0. The molecule has 1 amide bonds. The number of ether oxygens (including phenoxy) is 1. The second-order valence-electron chi connectivity index (χ2n) is 7.44. The Hall–Kier alpha value is -2.82. The van der Waals surface area contributed by atoms with E-state index in [1.54, 1.807) is 11.0 Å². The summed E-state index contributed by atoms with van der Waals surface area (Å²) in [6, 6.07) is 13.4. The Morgan fingerprint density at radius 1 is 1.04 bits per heavy atom. The second-order valence-corrected chi connectivity index (χ2v) is 7.44. The van der Waals surface area contributed by atoms with E-state index in [0.717, 1.165) is 16.7 Å². The number of carbonyl (C=O) groups is 2. The lowest BCUT2D eigenvalue weighted by Crippen LogP contribution is -2.40. The Balaban J connectivity index is 2.00. The van der Waals surface area contributed by atoms with Gasteiger partial charge < -0.3 is 14.7 Å². The zero-order chi connectivity index (χ0) is 18.9. The minimum atomic E-state index is -0.980. The summed E-state index contributed by atoms with van der Waals surface area (Å²) in [4.78, 5) is 25.7. The number of rotatable bonds is 2. The van der Waals surface area contributed by atoms with Crippen LogP contribution in [0.3, 0.4) is 0 Å². The van der Waals surface area contributed by atoms with E-state index in [4.69, 9.17) is 4.74 Å². The molecule has 5 heteroatoms. The molecule has 1 aliphatic rings. The van der Waals surface area contributed by atoms with Gasteiger partial charge in [0.1, 0.15) is 5.60 Å². The van der Waals surface area contributed by atoms with Gasteiger partial charge in [0.2, 0.25) is 0 Å². The van der Waals surface area contributed by atoms with Crippen molar-refractivity contribution in [1.29, 1.82) is 0 Å². The molecule has 0 saturated heterocycles. The summed E-state index contributed by atoms with van der Waals surface area (Å²) in [5.74, 6) is -0.980. The first-order valence-corrected chi connectivity index (χ1v) is 8.67. The Labute approximate surface area is 153 Å². The fraction of sp³-hybridized carbons (Fsp3) is 0.333. The van der Waals surface area contributed by atoms with Gasteiger partial charge in [-0.3, -0.25) is 0 Å². The molecular weight excluding hydrogens is 330 g/mol. The first-order valence-electron chi connectivity index (χ1n) is 8.67. The summed E-state index contributed by atoms with van der Waals surface area (Å²) < 4.78 is 5.45. The molecule has 0 aliphatic carbocycles. The fourth-order valence-corrected chi connectivity index (χ4v) is 3.25. The van der Waals surface area contributed by atoms with Crippen molar-refractivity contribution in [3.05, 3.63) is 59.2 Å². The SMILES string of the molecule is CC(C)(C)OC(=O)N1CCc2c(-c3ccccc3)ccc(C(=O)O)c2C1. The number of benzene rings is 2. The van der Waals surface area contributed by atoms with Crippen LogP contribution in [-0.4, -0.2) is 34.2 Å². The Bertz CT molecular complexity index is 837. The third-order valence-corrected chi connectivity index (χ3v) is 4.38. The van der Waals surface area contributed by atoms with Gasteiger partial charge in [0, 0.05) is 6.54 Å². The van der Waals surface area contributed by atoms with Crippen molar-refractivity contribution in [3.8, 4) is 11.1 Å². The van der Waals surface area contributed by atoms with Gasteiger partial charge in [-0.2, -0.15) is 0 Å². The molecule has 0 aromatic heterocycles. The van der Waals surface area contributed by atoms with Gasteiger partial charge in [-0.1, -0.05) is 36.4 Å². The number of hydrogen-bond acceptors (Lipinski definition) is 3. The largest absolute Gasteiger partial charge is 0.478 e. The van der Waals surface area contributed by atoms with Crippen molar-refractivity contribution in [2.24, 2.45) is 0 Å². The molecule has 3 rings (SSSR count). The van der Waals surface area contributed by atoms with Crippen molar-refractivity contribution in [2.45, 2.75) is 39.3 Å². The average Bonchev–Trinajstić information content (AvgIpc) is 2.59. The Kier molecular flexibility index (Phi) is 4.72. The van der Waals surface area contributed by atoms with Gasteiger partial charge >= 0.3 is 12.1 Å². The zero-order valence-corrected chi connectivity index (χ0v) is 15.3. The van der Waals surface area contributed by atoms with Crippen LogP contribution in [0, 0.1) is 0 Å². The van der Waals surface area contributed by atoms with Crippen LogP contribution in [0.4, 0.5) is 4.79 Å². The predicted octanol–water partition coefficient (Wildman–Crippen LogP) is 4.35. The van der Waals surface area contributed by atoms with Crippen molar-refractivity contribution >= 4 is 12.1 Å². The number of nitrogens with zero attached hydrogens (tertiary/aromatic N) is 1. The van der Waals surface area contributed by atoms with E-state index in [0.29, 0.717) is 18.5 Å². The standard InChI is InChI=1S/C21H23NO4/c1-21(2,3)26-20(25)22-12-11-16-15(14-7-5-4-6-8-14)9-10-17(19(23)24)18(16)13-22/h4-10H,11-13H2,1-3H3,(H,23,24). The molecule has 136 valence electrons. The normalized spacial score (nSPS) is 13.9. The monoisotopic (exact) mass is 353 g/mol. The number of carboxylic acids is 1. The molecule has 0 spiro atoms. The van der Waals surface area contributed by atoms with Crippen molar-refractivity contribution in [1.82, 2.24) is 4.90 Å². The summed E-state index contributed by atoms with van der Waals surface area (Å²) in [5, 5.41) is 9.58. The van der Waals surface area contributed by atoms with Gasteiger partial charge in [0.25, 0.3) is 0 Å². The topological polar surface area (TPSA) is 66.8 Å². The van der Waals surface area contributed by atoms with Gasteiger partial charge in [0.05, 0.1) is 12.1 Å². The smallest absolute Gasteiger partial charge is 0.410 e. The molecule has 2 aromatic rings. The molecule has 1 aliphatic heterocycles. The summed E-state index contributed by atoms with van der Waals surface area (Å²) in [6.07, 6.45) is 0.185. The molecule has 5 nitrogen and oxygen atoms in total. The van der Waals surface area contributed by atoms with E-state index in [2.05, 4.69) is 0 Å². The number of fused-ring (bicyclic) bond motifs is 1. The highest BCUT2D eigenvalue weighted by atomic mass is 16.6. The molecule has 0 atom stereocenters. The molecule has 1 N–H and O–H groups in total. The second kappa shape index (κ2) is 6.83. The van der Waals surface area contributed by atoms with E-state index in [-0.39, 0.29) is 12.1 Å². The van der Waals surface area contributed by atoms with Crippen molar-refractivity contribution < 1.29 is 19.4 Å². The van der Waals surface area contributed by atoms with E-state index in [1.807, 2.05) is 57.2 Å². The van der Waals surface area contributed by atoms with E-state index < -0.39 is 17.7 Å². The number of aromatic carboxylic acids is 1. The van der Waals surface area contributed by atoms with Crippen LogP contribution in [0.25, 0.3) is 11.1 Å². The van der Waals surface area contributed by atoms with Crippen LogP contribution in [0.1, 0.15) is 42.3 Å². The third-order valence-electron chi connectivity index (χ3n) is 4.38. The molecule has 0 radical (unpaired) electrons. The maximum Gasteiger partial charge on any atom is 0.410 e. The minimum absolute atomic E-state index is 0.243. The zero-order valence-electron chi connectivity index (χ0n) is 15.3. The highest BCUT2D eigenvalue weighted by Crippen LogP contribution is 2.33. The fourth-order valence-electron chi connectivity index (χ4n) is 3.25. The van der Waals surface area contributed by atoms with Crippen molar-refractivity contribution in [2.75, 3.05) is 6.54 Å². The lowest BCUT2D eigenvalue weighted by molar-refractivity contribution is 0.0221. The first-order chi connectivity index (χ1) is 12.3. The van der Waals surface area contributed by atoms with E-state index >= 15 is 0 Å². The molecule has 2 aromatic carbocycles. The number of amides is 1. The van der Waals surface area contributed by atoms with E-state index in [9.17, 15) is 14.7 Å². The van der Waals surface area contributed by atoms with Crippen LogP contribution in [-0.2, 0) is 17.7 Å². The Morgan fingerprint density at radius 2 is 1.73 bits per heavy atom. The Morgan fingerprint density at radius 3 is 2.35 bits per heavy atom. The van der Waals surface area contributed by atoms with Gasteiger partial charge in [-0.15, -0.1) is 0 Å². The molecule has 0 fully saturated rings. The maximum absolute atomic E-state index is 12.4. The number of hydrogen-bond donors (Lipinski definition) is 1. The van der Waals surface area contributed by atoms with Gasteiger partial charge in [-0.05, 0) is 55.5 Å². The minimum Gasteiger partial charge on any atom is -0.478 e. The van der Waals surface area contributed by atoms with E-state index in [1.165, 1.54) is 0 Å². The molecule has 0 unspecified atom stereocenters. The van der Waals surface area contributed by atoms with Gasteiger partial charge in [-0.25, -0.2) is 9.59 Å².